The smallest absolute Gasteiger partial charge is 0.191 e. The van der Waals surface area contributed by atoms with Crippen molar-refractivity contribution in [2.45, 2.75) is 59.2 Å². The van der Waals surface area contributed by atoms with Gasteiger partial charge in [-0.05, 0) is 39.7 Å². The van der Waals surface area contributed by atoms with Crippen LogP contribution in [0.5, 0.6) is 0 Å². The van der Waals surface area contributed by atoms with Crippen LogP contribution in [0.25, 0.3) is 0 Å². The lowest BCUT2D eigenvalue weighted by Gasteiger charge is -2.32. The second-order valence-electron chi connectivity index (χ2n) is 7.05. The van der Waals surface area contributed by atoms with Gasteiger partial charge < -0.3 is 20.3 Å². The highest BCUT2D eigenvalue weighted by Gasteiger charge is 2.19. The van der Waals surface area contributed by atoms with E-state index in [1.54, 1.807) is 7.11 Å². The van der Waals surface area contributed by atoms with Gasteiger partial charge in [0.25, 0.3) is 0 Å². The minimum atomic E-state index is 0. The summed E-state index contributed by atoms with van der Waals surface area (Å²) in [5, 5.41) is 11.7. The lowest BCUT2D eigenvalue weighted by atomic mass is 10.1. The molecule has 0 unspecified atom stereocenters. The highest BCUT2D eigenvalue weighted by atomic mass is 127. The molecule has 0 spiro atoms. The van der Waals surface area contributed by atoms with E-state index in [1.165, 1.54) is 50.2 Å². The summed E-state index contributed by atoms with van der Waals surface area (Å²) in [6.07, 6.45) is 3.58. The van der Waals surface area contributed by atoms with Crippen molar-refractivity contribution in [2.24, 2.45) is 4.99 Å². The first-order valence-corrected chi connectivity index (χ1v) is 9.80. The van der Waals surface area contributed by atoms with E-state index in [0.717, 1.165) is 24.7 Å². The van der Waals surface area contributed by atoms with Crippen molar-refractivity contribution in [3.05, 3.63) is 17.0 Å². The molecule has 0 aliphatic carbocycles. The van der Waals surface area contributed by atoms with Crippen molar-refractivity contribution in [1.29, 1.82) is 0 Å². The zero-order valence-corrected chi connectivity index (χ0v) is 19.9. The molecule has 0 atom stereocenters. The van der Waals surface area contributed by atoms with Gasteiger partial charge in [0, 0.05) is 51.1 Å². The Labute approximate surface area is 181 Å². The summed E-state index contributed by atoms with van der Waals surface area (Å²) in [6, 6.07) is 0.501. The first-order valence-electron chi connectivity index (χ1n) is 9.80. The monoisotopic (exact) mass is 492 g/mol. The number of aromatic nitrogens is 2. The molecule has 27 heavy (non-hydrogen) atoms. The number of guanidine groups is 1. The van der Waals surface area contributed by atoms with E-state index in [0.29, 0.717) is 12.6 Å². The third kappa shape index (κ3) is 7.23. The van der Waals surface area contributed by atoms with E-state index < -0.39 is 0 Å². The zero-order valence-electron chi connectivity index (χ0n) is 17.5. The van der Waals surface area contributed by atoms with E-state index in [1.807, 2.05) is 11.7 Å². The number of hydrogen-bond acceptors (Lipinski definition) is 4. The third-order valence-corrected chi connectivity index (χ3v) is 5.16. The highest BCUT2D eigenvalue weighted by molar-refractivity contribution is 14.0. The van der Waals surface area contributed by atoms with Crippen molar-refractivity contribution >= 4 is 29.9 Å². The number of ether oxygens (including phenoxy) is 1. The number of hydrogen-bond donors (Lipinski definition) is 2. The van der Waals surface area contributed by atoms with Crippen LogP contribution in [0.2, 0.25) is 0 Å². The molecule has 0 radical (unpaired) electrons. The molecule has 0 bridgehead atoms. The molecule has 156 valence electrons. The van der Waals surface area contributed by atoms with E-state index >= 15 is 0 Å². The molecule has 8 heteroatoms. The fourth-order valence-electron chi connectivity index (χ4n) is 3.56. The second kappa shape index (κ2) is 12.6. The van der Waals surface area contributed by atoms with Crippen molar-refractivity contribution in [2.75, 3.05) is 40.4 Å². The summed E-state index contributed by atoms with van der Waals surface area (Å²) >= 11 is 0. The standard InChI is InChI=1S/C19H36N6O.HI/c1-6-9-24-10-7-17(8-11-24)22-19(20-4)21-14-18-15(2)23-25(16(18)3)12-13-26-5;/h17H,6-14H2,1-5H3,(H2,20,21,22);1H. The fraction of sp³-hybridized carbons (Fsp3) is 0.789. The summed E-state index contributed by atoms with van der Waals surface area (Å²) in [5.74, 6) is 0.877. The Morgan fingerprint density at radius 1 is 1.26 bits per heavy atom. The van der Waals surface area contributed by atoms with Crippen LogP contribution in [-0.4, -0.2) is 67.1 Å². The van der Waals surface area contributed by atoms with Crippen LogP contribution < -0.4 is 10.6 Å². The van der Waals surface area contributed by atoms with Crippen LogP contribution in [0, 0.1) is 13.8 Å². The Bertz CT molecular complexity index is 581. The zero-order chi connectivity index (χ0) is 18.9. The first-order chi connectivity index (χ1) is 12.6. The molecule has 1 aromatic heterocycles. The summed E-state index contributed by atoms with van der Waals surface area (Å²) in [7, 11) is 3.56. The molecule has 1 aromatic rings. The maximum atomic E-state index is 5.16. The number of aryl methyl sites for hydroxylation is 1. The Morgan fingerprint density at radius 2 is 1.96 bits per heavy atom. The first kappa shape index (κ1) is 24.2. The highest BCUT2D eigenvalue weighted by Crippen LogP contribution is 2.13. The molecule has 1 aliphatic heterocycles. The molecule has 0 aromatic carbocycles. The Kier molecular flexibility index (Phi) is 11.2. The lowest BCUT2D eigenvalue weighted by Crippen LogP contribution is -2.48. The van der Waals surface area contributed by atoms with Gasteiger partial charge in [0.05, 0.1) is 18.8 Å². The van der Waals surface area contributed by atoms with Crippen LogP contribution in [-0.2, 0) is 17.8 Å². The maximum Gasteiger partial charge on any atom is 0.191 e. The number of nitrogens with zero attached hydrogens (tertiary/aromatic N) is 4. The molecular weight excluding hydrogens is 455 g/mol. The van der Waals surface area contributed by atoms with Crippen molar-refractivity contribution in [3.8, 4) is 0 Å². The predicted octanol–water partition coefficient (Wildman–Crippen LogP) is 2.30. The molecule has 2 N–H and O–H groups in total. The molecule has 2 heterocycles. The van der Waals surface area contributed by atoms with Gasteiger partial charge >= 0.3 is 0 Å². The maximum absolute atomic E-state index is 5.16. The Balaban J connectivity index is 0.00000364. The van der Waals surface area contributed by atoms with Gasteiger partial charge in [-0.15, -0.1) is 24.0 Å². The summed E-state index contributed by atoms with van der Waals surface area (Å²) < 4.78 is 7.19. The van der Waals surface area contributed by atoms with Crippen molar-refractivity contribution < 1.29 is 4.74 Å². The number of nitrogens with one attached hydrogen (secondary N) is 2. The van der Waals surface area contributed by atoms with Crippen LogP contribution in [0.3, 0.4) is 0 Å². The van der Waals surface area contributed by atoms with Gasteiger partial charge in [-0.3, -0.25) is 9.67 Å². The van der Waals surface area contributed by atoms with E-state index in [2.05, 4.69) is 46.4 Å². The molecule has 2 rings (SSSR count). The van der Waals surface area contributed by atoms with Gasteiger partial charge in [0.2, 0.25) is 0 Å². The lowest BCUT2D eigenvalue weighted by molar-refractivity contribution is 0.182. The topological polar surface area (TPSA) is 66.7 Å². The molecule has 1 saturated heterocycles. The van der Waals surface area contributed by atoms with E-state index in [-0.39, 0.29) is 24.0 Å². The largest absolute Gasteiger partial charge is 0.383 e. The van der Waals surface area contributed by atoms with Gasteiger partial charge in [-0.25, -0.2) is 0 Å². The molecule has 1 fully saturated rings. The van der Waals surface area contributed by atoms with Crippen molar-refractivity contribution in [3.63, 3.8) is 0 Å². The molecule has 1 aliphatic rings. The molecular formula is C19H37IN6O. The van der Waals surface area contributed by atoms with E-state index in [9.17, 15) is 0 Å². The van der Waals surface area contributed by atoms with Crippen LogP contribution in [0.1, 0.15) is 43.1 Å². The number of halogens is 1. The molecule has 7 nitrogen and oxygen atoms in total. The van der Waals surface area contributed by atoms with Crippen LogP contribution in [0.4, 0.5) is 0 Å². The fourth-order valence-corrected chi connectivity index (χ4v) is 3.56. The van der Waals surface area contributed by atoms with Crippen LogP contribution >= 0.6 is 24.0 Å². The van der Waals surface area contributed by atoms with Crippen molar-refractivity contribution in [1.82, 2.24) is 25.3 Å². The van der Waals surface area contributed by atoms with Gasteiger partial charge in [0.15, 0.2) is 5.96 Å². The van der Waals surface area contributed by atoms with E-state index in [4.69, 9.17) is 4.74 Å². The minimum absolute atomic E-state index is 0. The summed E-state index contributed by atoms with van der Waals surface area (Å²) in [4.78, 5) is 6.95. The molecule has 0 amide bonds. The number of aliphatic imine (C=N–C) groups is 1. The Morgan fingerprint density at radius 3 is 2.56 bits per heavy atom. The number of rotatable bonds is 8. The average molecular weight is 492 g/mol. The SMILES string of the molecule is CCCN1CCC(NC(=NC)NCc2c(C)nn(CCOC)c2C)CC1.I. The normalized spacial score (nSPS) is 16.3. The second-order valence-corrected chi connectivity index (χ2v) is 7.05. The number of piperidine rings is 1. The van der Waals surface area contributed by atoms with Gasteiger partial charge in [-0.2, -0.15) is 5.10 Å². The van der Waals surface area contributed by atoms with Crippen LogP contribution in [0.15, 0.2) is 4.99 Å². The average Bonchev–Trinajstić information content (AvgIpc) is 2.92. The quantitative estimate of drug-likeness (QED) is 0.331. The van der Waals surface area contributed by atoms with Gasteiger partial charge in [0.1, 0.15) is 0 Å². The summed E-state index contributed by atoms with van der Waals surface area (Å²) in [5.41, 5.74) is 3.49. The summed E-state index contributed by atoms with van der Waals surface area (Å²) in [6.45, 7) is 12.2. The Hall–Kier alpha value is -0.870. The minimum Gasteiger partial charge on any atom is -0.383 e. The number of likely N-dealkylation sites (tertiary alicyclic amines) is 1. The number of methoxy groups -OCH3 is 1. The van der Waals surface area contributed by atoms with Gasteiger partial charge in [-0.1, -0.05) is 6.92 Å². The predicted molar refractivity (Wildman–Crippen MR) is 122 cm³/mol. The third-order valence-electron chi connectivity index (χ3n) is 5.16. The molecule has 0 saturated carbocycles.